The minimum atomic E-state index is -0.213. The number of hydrogen-bond donors (Lipinski definition) is 1. The molecule has 0 amide bonds. The Labute approximate surface area is 120 Å². The van der Waals surface area contributed by atoms with E-state index in [1.165, 1.54) is 31.9 Å². The lowest BCUT2D eigenvalue weighted by atomic mass is 9.96. The third-order valence-electron chi connectivity index (χ3n) is 4.80. The van der Waals surface area contributed by atoms with Crippen molar-refractivity contribution in [1.82, 2.24) is 4.90 Å². The molecule has 0 radical (unpaired) electrons. The number of nitrogen functional groups attached to an aromatic ring is 1. The van der Waals surface area contributed by atoms with Crippen LogP contribution in [0.25, 0.3) is 0 Å². The molecule has 0 aromatic heterocycles. The number of hydrogen-bond acceptors (Lipinski definition) is 3. The largest absolute Gasteiger partial charge is 0.397 e. The zero-order valence-corrected chi connectivity index (χ0v) is 12.4. The molecule has 0 bridgehead atoms. The molecule has 4 heteroatoms. The molecule has 110 valence electrons. The average molecular weight is 277 g/mol. The summed E-state index contributed by atoms with van der Waals surface area (Å²) < 4.78 is 13.6. The molecule has 1 aromatic rings. The second kappa shape index (κ2) is 5.24. The molecule has 2 fully saturated rings. The molecule has 3 nitrogen and oxygen atoms in total. The van der Waals surface area contributed by atoms with Crippen molar-refractivity contribution in [3.8, 4) is 0 Å². The van der Waals surface area contributed by atoms with Gasteiger partial charge in [-0.1, -0.05) is 6.42 Å². The highest BCUT2D eigenvalue weighted by Crippen LogP contribution is 2.32. The number of aryl methyl sites for hydroxylation is 1. The number of piperazine rings is 1. The Bertz CT molecular complexity index is 503. The van der Waals surface area contributed by atoms with Crippen molar-refractivity contribution in [2.75, 3.05) is 30.3 Å². The number of halogens is 1. The topological polar surface area (TPSA) is 32.5 Å². The predicted molar refractivity (Wildman–Crippen MR) is 81.6 cm³/mol. The van der Waals surface area contributed by atoms with Crippen LogP contribution in [-0.2, 0) is 0 Å². The maximum absolute atomic E-state index is 13.6. The van der Waals surface area contributed by atoms with Gasteiger partial charge in [0.1, 0.15) is 5.82 Å². The number of nitrogens with two attached hydrogens (primary N) is 1. The minimum Gasteiger partial charge on any atom is -0.397 e. The van der Waals surface area contributed by atoms with Crippen LogP contribution >= 0.6 is 0 Å². The van der Waals surface area contributed by atoms with Crippen LogP contribution in [0.15, 0.2) is 12.1 Å². The molecule has 2 aliphatic heterocycles. The highest BCUT2D eigenvalue weighted by Gasteiger charge is 2.33. The van der Waals surface area contributed by atoms with Gasteiger partial charge in [-0.25, -0.2) is 4.39 Å². The smallest absolute Gasteiger partial charge is 0.128 e. The normalized spacial score (nSPS) is 27.4. The van der Waals surface area contributed by atoms with Crippen LogP contribution in [0.2, 0.25) is 0 Å². The van der Waals surface area contributed by atoms with E-state index in [4.69, 9.17) is 5.73 Å². The molecular weight excluding hydrogens is 253 g/mol. The molecule has 0 saturated carbocycles. The molecule has 2 aliphatic rings. The highest BCUT2D eigenvalue weighted by atomic mass is 19.1. The number of rotatable bonds is 1. The second-order valence-corrected chi connectivity index (χ2v) is 6.31. The maximum atomic E-state index is 13.6. The van der Waals surface area contributed by atoms with E-state index in [-0.39, 0.29) is 5.82 Å². The van der Waals surface area contributed by atoms with E-state index in [0.717, 1.165) is 18.8 Å². The molecule has 3 rings (SSSR count). The first-order valence-corrected chi connectivity index (χ1v) is 7.62. The highest BCUT2D eigenvalue weighted by molar-refractivity contribution is 5.69. The third kappa shape index (κ3) is 2.37. The van der Waals surface area contributed by atoms with Crippen LogP contribution in [0.1, 0.15) is 31.7 Å². The Kier molecular flexibility index (Phi) is 3.59. The van der Waals surface area contributed by atoms with Gasteiger partial charge in [0, 0.05) is 25.2 Å². The van der Waals surface area contributed by atoms with E-state index >= 15 is 0 Å². The van der Waals surface area contributed by atoms with E-state index < -0.39 is 0 Å². The van der Waals surface area contributed by atoms with E-state index in [1.807, 2.05) is 6.07 Å². The van der Waals surface area contributed by atoms with Gasteiger partial charge < -0.3 is 10.6 Å². The quantitative estimate of drug-likeness (QED) is 0.801. The van der Waals surface area contributed by atoms with Gasteiger partial charge in [0.05, 0.1) is 11.4 Å². The molecule has 0 aliphatic carbocycles. The molecule has 2 heterocycles. The zero-order chi connectivity index (χ0) is 14.3. The van der Waals surface area contributed by atoms with E-state index in [0.29, 0.717) is 23.3 Å². The monoisotopic (exact) mass is 277 g/mol. The second-order valence-electron chi connectivity index (χ2n) is 6.31. The van der Waals surface area contributed by atoms with Crippen molar-refractivity contribution >= 4 is 11.4 Å². The van der Waals surface area contributed by atoms with Gasteiger partial charge in [0.15, 0.2) is 0 Å². The van der Waals surface area contributed by atoms with Crippen molar-refractivity contribution in [1.29, 1.82) is 0 Å². The lowest BCUT2D eigenvalue weighted by molar-refractivity contribution is 0.115. The third-order valence-corrected chi connectivity index (χ3v) is 4.80. The van der Waals surface area contributed by atoms with Gasteiger partial charge in [0.25, 0.3) is 0 Å². The average Bonchev–Trinajstić information content (AvgIpc) is 2.42. The Hall–Kier alpha value is -1.29. The van der Waals surface area contributed by atoms with Crippen LogP contribution in [0.3, 0.4) is 0 Å². The molecular formula is C16H24FN3. The summed E-state index contributed by atoms with van der Waals surface area (Å²) in [5, 5.41) is 0. The first kappa shape index (κ1) is 13.7. The number of nitrogens with zero attached hydrogens (tertiary/aromatic N) is 2. The summed E-state index contributed by atoms with van der Waals surface area (Å²) in [7, 11) is 0. The van der Waals surface area contributed by atoms with Crippen molar-refractivity contribution < 1.29 is 4.39 Å². The Morgan fingerprint density at radius 3 is 2.85 bits per heavy atom. The lowest BCUT2D eigenvalue weighted by Crippen LogP contribution is -2.59. The van der Waals surface area contributed by atoms with Gasteiger partial charge in [-0.05, 0) is 50.9 Å². The molecule has 2 saturated heterocycles. The van der Waals surface area contributed by atoms with E-state index in [2.05, 4.69) is 16.7 Å². The van der Waals surface area contributed by atoms with Gasteiger partial charge in [-0.3, -0.25) is 4.90 Å². The maximum Gasteiger partial charge on any atom is 0.128 e. The summed E-state index contributed by atoms with van der Waals surface area (Å²) in [6.07, 6.45) is 3.91. The fourth-order valence-electron chi connectivity index (χ4n) is 3.62. The van der Waals surface area contributed by atoms with E-state index in [9.17, 15) is 4.39 Å². The number of fused-ring (bicyclic) bond motifs is 1. The SMILES string of the molecule is Cc1cc(N2CC3CCCCN3CC2C)c(N)cc1F. The lowest BCUT2D eigenvalue weighted by Gasteiger charge is -2.48. The molecule has 2 N–H and O–H groups in total. The molecule has 2 atom stereocenters. The Balaban J connectivity index is 1.88. The summed E-state index contributed by atoms with van der Waals surface area (Å²) in [5.74, 6) is -0.213. The first-order chi connectivity index (χ1) is 9.56. The van der Waals surface area contributed by atoms with Crippen LogP contribution in [0.5, 0.6) is 0 Å². The van der Waals surface area contributed by atoms with Crippen molar-refractivity contribution in [2.45, 2.75) is 45.2 Å². The van der Waals surface area contributed by atoms with Crippen LogP contribution < -0.4 is 10.6 Å². The van der Waals surface area contributed by atoms with Gasteiger partial charge in [-0.15, -0.1) is 0 Å². The van der Waals surface area contributed by atoms with Gasteiger partial charge in [-0.2, -0.15) is 0 Å². The van der Waals surface area contributed by atoms with Crippen LogP contribution in [0.4, 0.5) is 15.8 Å². The first-order valence-electron chi connectivity index (χ1n) is 7.62. The Morgan fingerprint density at radius 1 is 1.25 bits per heavy atom. The summed E-state index contributed by atoms with van der Waals surface area (Å²) in [4.78, 5) is 4.98. The molecule has 1 aromatic carbocycles. The van der Waals surface area contributed by atoms with Crippen LogP contribution in [-0.4, -0.2) is 36.6 Å². The Morgan fingerprint density at radius 2 is 2.05 bits per heavy atom. The van der Waals surface area contributed by atoms with Crippen LogP contribution in [0, 0.1) is 12.7 Å². The zero-order valence-electron chi connectivity index (χ0n) is 12.4. The molecule has 0 spiro atoms. The summed E-state index contributed by atoms with van der Waals surface area (Å²) in [5.41, 5.74) is 8.29. The van der Waals surface area contributed by atoms with Gasteiger partial charge >= 0.3 is 0 Å². The van der Waals surface area contributed by atoms with Crippen molar-refractivity contribution in [3.63, 3.8) is 0 Å². The number of benzene rings is 1. The predicted octanol–water partition coefficient (Wildman–Crippen LogP) is 2.78. The standard InChI is InChI=1S/C16H24FN3/c1-11-7-16(15(18)8-14(11)17)20-10-13-5-3-4-6-19(13)9-12(20)2/h7-8,12-13H,3-6,9-10,18H2,1-2H3. The molecule has 2 unspecified atom stereocenters. The number of piperidine rings is 1. The van der Waals surface area contributed by atoms with Crippen molar-refractivity contribution in [3.05, 3.63) is 23.5 Å². The summed E-state index contributed by atoms with van der Waals surface area (Å²) in [6, 6.07) is 4.42. The minimum absolute atomic E-state index is 0.213. The number of anilines is 2. The van der Waals surface area contributed by atoms with E-state index in [1.54, 1.807) is 6.92 Å². The molecule has 20 heavy (non-hydrogen) atoms. The van der Waals surface area contributed by atoms with Crippen molar-refractivity contribution in [2.24, 2.45) is 0 Å². The fraction of sp³-hybridized carbons (Fsp3) is 0.625. The van der Waals surface area contributed by atoms with Gasteiger partial charge in [0.2, 0.25) is 0 Å². The summed E-state index contributed by atoms with van der Waals surface area (Å²) in [6.45, 7) is 7.36. The fourth-order valence-corrected chi connectivity index (χ4v) is 3.62. The summed E-state index contributed by atoms with van der Waals surface area (Å²) >= 11 is 0.